The third kappa shape index (κ3) is 2.06. The monoisotopic (exact) mass is 184 g/mol. The van der Waals surface area contributed by atoms with Gasteiger partial charge in [-0.05, 0) is 12.5 Å². The van der Waals surface area contributed by atoms with Gasteiger partial charge in [0.2, 0.25) is 0 Å². The molecule has 0 aliphatic carbocycles. The van der Waals surface area contributed by atoms with E-state index in [9.17, 15) is 4.79 Å². The van der Waals surface area contributed by atoms with Gasteiger partial charge < -0.3 is 5.11 Å². The van der Waals surface area contributed by atoms with Gasteiger partial charge in [0.15, 0.2) is 11.3 Å². The van der Waals surface area contributed by atoms with Crippen molar-refractivity contribution in [2.45, 2.75) is 12.5 Å². The van der Waals surface area contributed by atoms with Crippen LogP contribution in [0.2, 0.25) is 0 Å². The van der Waals surface area contributed by atoms with Gasteiger partial charge in [0, 0.05) is 5.56 Å². The van der Waals surface area contributed by atoms with Gasteiger partial charge >= 0.3 is 0 Å². The summed E-state index contributed by atoms with van der Waals surface area (Å²) >= 11 is 5.41. The number of aliphatic hydroxyl groups is 1. The number of alkyl halides is 1. The van der Waals surface area contributed by atoms with Gasteiger partial charge in [-0.25, -0.2) is 0 Å². The molecule has 12 heavy (non-hydrogen) atoms. The number of Topliss-reactive ketones (excluding diaryl/α,β-unsaturated/α-hetero) is 1. The molecule has 64 valence electrons. The molecule has 0 aromatic heterocycles. The van der Waals surface area contributed by atoms with E-state index < -0.39 is 5.56 Å². The molecule has 0 spiro atoms. The molecule has 0 amide bonds. The van der Waals surface area contributed by atoms with E-state index in [1.807, 2.05) is 0 Å². The zero-order chi connectivity index (χ0) is 9.14. The summed E-state index contributed by atoms with van der Waals surface area (Å²) in [5.41, 5.74) is 0.226. The van der Waals surface area contributed by atoms with Crippen molar-refractivity contribution in [2.24, 2.45) is 0 Å². The molecule has 1 rings (SSSR count). The molecule has 0 saturated carbocycles. The summed E-state index contributed by atoms with van der Waals surface area (Å²) in [4.78, 5) is 10.8. The van der Waals surface area contributed by atoms with Crippen LogP contribution >= 0.6 is 11.6 Å². The minimum atomic E-state index is -0.994. The molecular formula is C9H9ClO2. The van der Waals surface area contributed by atoms with Gasteiger partial charge in [-0.1, -0.05) is 35.9 Å². The van der Waals surface area contributed by atoms with E-state index in [2.05, 4.69) is 0 Å². The zero-order valence-corrected chi connectivity index (χ0v) is 7.38. The van der Waals surface area contributed by atoms with Crippen molar-refractivity contribution in [1.82, 2.24) is 0 Å². The largest absolute Gasteiger partial charge is 0.373 e. The Morgan fingerprint density at radius 1 is 1.42 bits per heavy atom. The van der Waals surface area contributed by atoms with Crippen LogP contribution < -0.4 is 0 Å². The maximum atomic E-state index is 10.8. The first-order valence-corrected chi connectivity index (χ1v) is 3.98. The topological polar surface area (TPSA) is 37.3 Å². The summed E-state index contributed by atoms with van der Waals surface area (Å²) in [6.07, 6.45) is 0. The average molecular weight is 185 g/mol. The standard InChI is InChI=1S/C9H9ClO2/c1-6(11)7-2-4-8(5-3-7)9(10)12/h2-5,9,12H,1H3. The highest BCUT2D eigenvalue weighted by Crippen LogP contribution is 2.16. The number of benzene rings is 1. The highest BCUT2D eigenvalue weighted by atomic mass is 35.5. The number of aliphatic hydroxyl groups excluding tert-OH is 1. The van der Waals surface area contributed by atoms with Crippen LogP contribution in [0.5, 0.6) is 0 Å². The second-order valence-electron chi connectivity index (χ2n) is 2.51. The predicted octanol–water partition coefficient (Wildman–Crippen LogP) is 2.12. The SMILES string of the molecule is CC(=O)c1ccc(C(O)Cl)cc1. The van der Waals surface area contributed by atoms with Crippen molar-refractivity contribution in [3.05, 3.63) is 35.4 Å². The van der Waals surface area contributed by atoms with E-state index in [1.165, 1.54) is 6.92 Å². The molecule has 3 heteroatoms. The number of hydrogen-bond donors (Lipinski definition) is 1. The Balaban J connectivity index is 2.93. The van der Waals surface area contributed by atoms with Gasteiger partial charge in [-0.2, -0.15) is 0 Å². The minimum absolute atomic E-state index is 0.00520. The second-order valence-corrected chi connectivity index (χ2v) is 2.93. The molecule has 1 unspecified atom stereocenters. The number of rotatable bonds is 2. The Morgan fingerprint density at radius 3 is 2.25 bits per heavy atom. The highest BCUT2D eigenvalue weighted by molar-refractivity contribution is 6.19. The Morgan fingerprint density at radius 2 is 1.92 bits per heavy atom. The van der Waals surface area contributed by atoms with Crippen molar-refractivity contribution >= 4 is 17.4 Å². The molecule has 0 heterocycles. The Bertz CT molecular complexity index is 277. The lowest BCUT2D eigenvalue weighted by Gasteiger charge is -2.02. The average Bonchev–Trinajstić information content (AvgIpc) is 2.04. The molecule has 1 aromatic rings. The summed E-state index contributed by atoms with van der Waals surface area (Å²) in [5.74, 6) is 0.00520. The van der Waals surface area contributed by atoms with Crippen LogP contribution in [0.1, 0.15) is 28.4 Å². The minimum Gasteiger partial charge on any atom is -0.373 e. The van der Waals surface area contributed by atoms with E-state index in [-0.39, 0.29) is 5.78 Å². The zero-order valence-electron chi connectivity index (χ0n) is 6.62. The lowest BCUT2D eigenvalue weighted by molar-refractivity contribution is 0.101. The molecule has 0 aliphatic heterocycles. The molecule has 1 N–H and O–H groups in total. The normalized spacial score (nSPS) is 12.6. The Labute approximate surface area is 75.8 Å². The van der Waals surface area contributed by atoms with Crippen molar-refractivity contribution in [3.8, 4) is 0 Å². The molecule has 0 radical (unpaired) electrons. The van der Waals surface area contributed by atoms with Crippen LogP contribution in [0.25, 0.3) is 0 Å². The number of ketones is 1. The highest BCUT2D eigenvalue weighted by Gasteiger charge is 2.03. The number of carbonyl (C=O) groups is 1. The van der Waals surface area contributed by atoms with Crippen molar-refractivity contribution in [2.75, 3.05) is 0 Å². The van der Waals surface area contributed by atoms with E-state index in [1.54, 1.807) is 24.3 Å². The fraction of sp³-hybridized carbons (Fsp3) is 0.222. The molecule has 0 saturated heterocycles. The first kappa shape index (κ1) is 9.23. The fourth-order valence-corrected chi connectivity index (χ4v) is 1.02. The maximum absolute atomic E-state index is 10.8. The lowest BCUT2D eigenvalue weighted by Crippen LogP contribution is -1.93. The molecule has 0 bridgehead atoms. The Hall–Kier alpha value is -0.860. The molecule has 0 fully saturated rings. The van der Waals surface area contributed by atoms with Crippen molar-refractivity contribution < 1.29 is 9.90 Å². The number of carbonyl (C=O) groups excluding carboxylic acids is 1. The van der Waals surface area contributed by atoms with Crippen LogP contribution in [0.15, 0.2) is 24.3 Å². The summed E-state index contributed by atoms with van der Waals surface area (Å²) in [5, 5.41) is 8.93. The van der Waals surface area contributed by atoms with Crippen LogP contribution in [-0.2, 0) is 0 Å². The second kappa shape index (κ2) is 3.70. The van der Waals surface area contributed by atoms with Gasteiger partial charge in [0.25, 0.3) is 0 Å². The van der Waals surface area contributed by atoms with E-state index in [0.717, 1.165) is 0 Å². The van der Waals surface area contributed by atoms with Gasteiger partial charge in [-0.3, -0.25) is 4.79 Å². The van der Waals surface area contributed by atoms with Crippen molar-refractivity contribution in [1.29, 1.82) is 0 Å². The lowest BCUT2D eigenvalue weighted by atomic mass is 10.1. The van der Waals surface area contributed by atoms with Crippen LogP contribution in [0.3, 0.4) is 0 Å². The smallest absolute Gasteiger partial charge is 0.159 e. The van der Waals surface area contributed by atoms with E-state index >= 15 is 0 Å². The quantitative estimate of drug-likeness (QED) is 0.565. The number of hydrogen-bond acceptors (Lipinski definition) is 2. The number of halogens is 1. The van der Waals surface area contributed by atoms with Crippen LogP contribution in [0.4, 0.5) is 0 Å². The van der Waals surface area contributed by atoms with Gasteiger partial charge in [0.1, 0.15) is 0 Å². The fourth-order valence-electron chi connectivity index (χ4n) is 0.877. The van der Waals surface area contributed by atoms with E-state index in [0.29, 0.717) is 11.1 Å². The van der Waals surface area contributed by atoms with Gasteiger partial charge in [0.05, 0.1) is 0 Å². The third-order valence-corrected chi connectivity index (χ3v) is 1.84. The molecule has 0 aliphatic rings. The van der Waals surface area contributed by atoms with Crippen LogP contribution in [-0.4, -0.2) is 10.9 Å². The van der Waals surface area contributed by atoms with Crippen molar-refractivity contribution in [3.63, 3.8) is 0 Å². The summed E-state index contributed by atoms with van der Waals surface area (Å²) < 4.78 is 0. The summed E-state index contributed by atoms with van der Waals surface area (Å²) in [6, 6.07) is 6.55. The maximum Gasteiger partial charge on any atom is 0.159 e. The van der Waals surface area contributed by atoms with Gasteiger partial charge in [-0.15, -0.1) is 0 Å². The Kier molecular flexibility index (Phi) is 2.84. The molecular weight excluding hydrogens is 176 g/mol. The first-order valence-electron chi connectivity index (χ1n) is 3.54. The summed E-state index contributed by atoms with van der Waals surface area (Å²) in [6.45, 7) is 1.49. The molecule has 2 nitrogen and oxygen atoms in total. The summed E-state index contributed by atoms with van der Waals surface area (Å²) in [7, 11) is 0. The molecule has 1 aromatic carbocycles. The predicted molar refractivity (Wildman–Crippen MR) is 47.3 cm³/mol. The van der Waals surface area contributed by atoms with E-state index in [4.69, 9.17) is 16.7 Å². The third-order valence-electron chi connectivity index (χ3n) is 1.59. The first-order chi connectivity index (χ1) is 5.61. The van der Waals surface area contributed by atoms with Crippen LogP contribution in [0, 0.1) is 0 Å². The molecule has 1 atom stereocenters.